The Bertz CT molecular complexity index is 746. The fourth-order valence-electron chi connectivity index (χ4n) is 2.47. The van der Waals surface area contributed by atoms with Crippen LogP contribution in [0.1, 0.15) is 30.7 Å². The van der Waals surface area contributed by atoms with Gasteiger partial charge in [-0.2, -0.15) is 0 Å². The molecule has 0 atom stereocenters. The van der Waals surface area contributed by atoms with Gasteiger partial charge in [-0.15, -0.1) is 0 Å². The molecule has 1 aromatic heterocycles. The van der Waals surface area contributed by atoms with Gasteiger partial charge in [0.15, 0.2) is 0 Å². The van der Waals surface area contributed by atoms with Crippen molar-refractivity contribution >= 4 is 11.9 Å². The normalized spacial score (nSPS) is 10.7. The molecule has 0 bridgehead atoms. The minimum absolute atomic E-state index is 0.154. The highest BCUT2D eigenvalue weighted by Gasteiger charge is 2.12. The molecule has 23 heavy (non-hydrogen) atoms. The number of methoxy groups -OCH3 is 1. The van der Waals surface area contributed by atoms with Gasteiger partial charge < -0.3 is 20.0 Å². The van der Waals surface area contributed by atoms with Crippen LogP contribution in [0.5, 0.6) is 5.75 Å². The van der Waals surface area contributed by atoms with Crippen LogP contribution in [-0.4, -0.2) is 23.9 Å². The maximum absolute atomic E-state index is 12.7. The predicted molar refractivity (Wildman–Crippen MR) is 94.2 cm³/mol. The molecule has 0 radical (unpaired) electrons. The van der Waals surface area contributed by atoms with Gasteiger partial charge in [-0.05, 0) is 44.5 Å². The van der Waals surface area contributed by atoms with Crippen LogP contribution in [-0.2, 0) is 6.54 Å². The van der Waals surface area contributed by atoms with Gasteiger partial charge in [0.05, 0.1) is 24.9 Å². The number of benzene rings is 1. The largest absolute Gasteiger partial charge is 0.497 e. The maximum atomic E-state index is 12.7. The zero-order valence-corrected chi connectivity index (χ0v) is 14.0. The van der Waals surface area contributed by atoms with Gasteiger partial charge in [0.1, 0.15) is 5.75 Å². The first-order valence-corrected chi connectivity index (χ1v) is 7.60. The summed E-state index contributed by atoms with van der Waals surface area (Å²) in [5, 5.41) is 10.8. The molecule has 0 amide bonds. The Labute approximate surface area is 136 Å². The molecular weight excluding hydrogens is 290 g/mol. The van der Waals surface area contributed by atoms with Crippen molar-refractivity contribution in [3.63, 3.8) is 0 Å². The molecule has 1 heterocycles. The van der Waals surface area contributed by atoms with E-state index < -0.39 is 0 Å². The van der Waals surface area contributed by atoms with E-state index in [1.807, 2.05) is 51.1 Å². The molecule has 0 unspecified atom stereocenters. The molecule has 0 aliphatic rings. The molecule has 0 saturated carbocycles. The summed E-state index contributed by atoms with van der Waals surface area (Å²) in [6.45, 7) is 6.39. The van der Waals surface area contributed by atoms with Gasteiger partial charge >= 0.3 is 0 Å². The summed E-state index contributed by atoms with van der Waals surface area (Å²) in [6, 6.07) is 9.75. The molecule has 2 rings (SSSR count). The van der Waals surface area contributed by atoms with Crippen LogP contribution in [0.25, 0.3) is 0 Å². The van der Waals surface area contributed by atoms with Gasteiger partial charge in [-0.3, -0.25) is 4.79 Å². The third kappa shape index (κ3) is 3.80. The summed E-state index contributed by atoms with van der Waals surface area (Å²) in [7, 11) is 1.63. The lowest BCUT2D eigenvalue weighted by Gasteiger charge is -2.17. The Balaban J connectivity index is 2.42. The quantitative estimate of drug-likeness (QED) is 0.806. The first-order valence-electron chi connectivity index (χ1n) is 7.60. The SMILES string of the molecule is COc1ccc(Cn2c(C)cc(NC(C)C)c(C=N)c2=O)cc1. The third-order valence-electron chi connectivity index (χ3n) is 3.63. The Morgan fingerprint density at radius 1 is 1.30 bits per heavy atom. The smallest absolute Gasteiger partial charge is 0.261 e. The maximum Gasteiger partial charge on any atom is 0.261 e. The van der Waals surface area contributed by atoms with E-state index in [-0.39, 0.29) is 11.6 Å². The summed E-state index contributed by atoms with van der Waals surface area (Å²) < 4.78 is 6.84. The molecular formula is C18H23N3O2. The number of aryl methyl sites for hydroxylation is 1. The zero-order valence-electron chi connectivity index (χ0n) is 14.0. The molecule has 0 spiro atoms. The summed E-state index contributed by atoms with van der Waals surface area (Å²) in [4.78, 5) is 12.7. The van der Waals surface area contributed by atoms with Crippen LogP contribution < -0.4 is 15.6 Å². The van der Waals surface area contributed by atoms with Crippen LogP contribution >= 0.6 is 0 Å². The second-order valence-electron chi connectivity index (χ2n) is 5.80. The van der Waals surface area contributed by atoms with Crippen LogP contribution in [0.2, 0.25) is 0 Å². The van der Waals surface area contributed by atoms with Crippen LogP contribution in [0, 0.1) is 12.3 Å². The lowest BCUT2D eigenvalue weighted by atomic mass is 10.1. The molecule has 122 valence electrons. The van der Waals surface area contributed by atoms with Crippen molar-refractivity contribution in [1.29, 1.82) is 5.41 Å². The van der Waals surface area contributed by atoms with E-state index in [4.69, 9.17) is 10.1 Å². The molecule has 5 nitrogen and oxygen atoms in total. The van der Waals surface area contributed by atoms with Crippen molar-refractivity contribution in [3.8, 4) is 5.75 Å². The minimum Gasteiger partial charge on any atom is -0.497 e. The van der Waals surface area contributed by atoms with Gasteiger partial charge in [0, 0.05) is 18.0 Å². The lowest BCUT2D eigenvalue weighted by molar-refractivity contribution is 0.414. The van der Waals surface area contributed by atoms with Crippen molar-refractivity contribution in [1.82, 2.24) is 4.57 Å². The second-order valence-corrected chi connectivity index (χ2v) is 5.80. The summed E-state index contributed by atoms with van der Waals surface area (Å²) >= 11 is 0. The third-order valence-corrected chi connectivity index (χ3v) is 3.63. The second kappa shape index (κ2) is 7.13. The molecule has 1 aromatic carbocycles. The average Bonchev–Trinajstić information content (AvgIpc) is 2.51. The molecule has 0 saturated heterocycles. The van der Waals surface area contributed by atoms with Crippen LogP contribution in [0.15, 0.2) is 35.1 Å². The summed E-state index contributed by atoms with van der Waals surface area (Å²) in [5.41, 5.74) is 2.82. The van der Waals surface area contributed by atoms with E-state index in [0.717, 1.165) is 23.2 Å². The van der Waals surface area contributed by atoms with E-state index in [1.54, 1.807) is 11.7 Å². The molecule has 5 heteroatoms. The van der Waals surface area contributed by atoms with Crippen molar-refractivity contribution in [2.24, 2.45) is 0 Å². The Morgan fingerprint density at radius 2 is 1.96 bits per heavy atom. The van der Waals surface area contributed by atoms with Crippen LogP contribution in [0.3, 0.4) is 0 Å². The van der Waals surface area contributed by atoms with E-state index in [0.29, 0.717) is 17.8 Å². The topological polar surface area (TPSA) is 67.1 Å². The summed E-state index contributed by atoms with van der Waals surface area (Å²) in [6.07, 6.45) is 1.12. The number of hydrogen-bond donors (Lipinski definition) is 2. The molecule has 0 aliphatic carbocycles. The standard InChI is InChI=1S/C18H23N3O2/c1-12(2)20-17-9-13(3)21(18(22)16(17)10-19)11-14-5-7-15(23-4)8-6-14/h5-10,12,19-20H,11H2,1-4H3. The monoisotopic (exact) mass is 313 g/mol. The number of rotatable bonds is 6. The average molecular weight is 313 g/mol. The van der Waals surface area contributed by atoms with Crippen molar-refractivity contribution in [2.75, 3.05) is 12.4 Å². The number of nitrogens with one attached hydrogen (secondary N) is 2. The number of anilines is 1. The Morgan fingerprint density at radius 3 is 2.48 bits per heavy atom. The number of aromatic nitrogens is 1. The first-order chi connectivity index (χ1) is 11.0. The fraction of sp³-hybridized carbons (Fsp3) is 0.333. The van der Waals surface area contributed by atoms with Crippen molar-refractivity contribution in [2.45, 2.75) is 33.4 Å². The number of ether oxygens (including phenoxy) is 1. The molecule has 0 aliphatic heterocycles. The predicted octanol–water partition coefficient (Wildman–Crippen LogP) is 3.03. The van der Waals surface area contributed by atoms with Gasteiger partial charge in [0.2, 0.25) is 0 Å². The van der Waals surface area contributed by atoms with E-state index in [1.165, 1.54) is 0 Å². The Hall–Kier alpha value is -2.56. The van der Waals surface area contributed by atoms with Gasteiger partial charge in [0.25, 0.3) is 5.56 Å². The highest BCUT2D eigenvalue weighted by Crippen LogP contribution is 2.16. The molecule has 2 aromatic rings. The van der Waals surface area contributed by atoms with Crippen molar-refractivity contribution < 1.29 is 4.74 Å². The lowest BCUT2D eigenvalue weighted by Crippen LogP contribution is -2.28. The van der Waals surface area contributed by atoms with E-state index in [9.17, 15) is 4.79 Å². The number of pyridine rings is 1. The van der Waals surface area contributed by atoms with E-state index in [2.05, 4.69) is 5.32 Å². The molecule has 2 N–H and O–H groups in total. The Kier molecular flexibility index (Phi) is 5.21. The van der Waals surface area contributed by atoms with Gasteiger partial charge in [-0.25, -0.2) is 0 Å². The van der Waals surface area contributed by atoms with Gasteiger partial charge in [-0.1, -0.05) is 12.1 Å². The highest BCUT2D eigenvalue weighted by atomic mass is 16.5. The highest BCUT2D eigenvalue weighted by molar-refractivity contribution is 5.85. The zero-order chi connectivity index (χ0) is 17.0. The summed E-state index contributed by atoms with van der Waals surface area (Å²) in [5.74, 6) is 0.787. The first kappa shape index (κ1) is 16.8. The van der Waals surface area contributed by atoms with E-state index >= 15 is 0 Å². The van der Waals surface area contributed by atoms with Crippen LogP contribution in [0.4, 0.5) is 5.69 Å². The number of hydrogen-bond acceptors (Lipinski definition) is 4. The molecule has 0 fully saturated rings. The number of nitrogens with zero attached hydrogens (tertiary/aromatic N) is 1. The van der Waals surface area contributed by atoms with Crippen molar-refractivity contribution in [3.05, 3.63) is 57.5 Å². The fourth-order valence-corrected chi connectivity index (χ4v) is 2.47. The minimum atomic E-state index is -0.154.